The molecule has 1 heterocycles. The summed E-state index contributed by atoms with van der Waals surface area (Å²) < 4.78 is 45.7. The fourth-order valence-electron chi connectivity index (χ4n) is 1.93. The molecule has 0 amide bonds. The van der Waals surface area contributed by atoms with Crippen LogP contribution in [0.5, 0.6) is 0 Å². The zero-order valence-electron chi connectivity index (χ0n) is 10.6. The minimum Gasteiger partial charge on any atom is -0.395 e. The molecule has 1 aromatic carbocycles. The Hall–Kier alpha value is -0.410. The van der Waals surface area contributed by atoms with Gasteiger partial charge in [-0.05, 0) is 28.9 Å². The van der Waals surface area contributed by atoms with E-state index >= 15 is 0 Å². The highest BCUT2D eigenvalue weighted by Gasteiger charge is 2.33. The number of rotatable bonds is 2. The van der Waals surface area contributed by atoms with Crippen molar-refractivity contribution < 1.29 is 17.5 Å². The lowest BCUT2D eigenvalue weighted by Gasteiger charge is -2.30. The number of halogens is 3. The molecule has 1 aromatic rings. The lowest BCUT2D eigenvalue weighted by Crippen LogP contribution is -2.44. The van der Waals surface area contributed by atoms with Gasteiger partial charge in [0, 0.05) is 13.1 Å². The highest BCUT2D eigenvalue weighted by Crippen LogP contribution is 2.35. The molecule has 0 saturated carbocycles. The van der Waals surface area contributed by atoms with Crippen molar-refractivity contribution in [2.24, 2.45) is 0 Å². The summed E-state index contributed by atoms with van der Waals surface area (Å²) in [5.74, 6) is -1.000. The Bertz CT molecular complexity index is 641. The molecule has 2 rings (SSSR count). The molecule has 5 nitrogen and oxygen atoms in total. The van der Waals surface area contributed by atoms with Crippen LogP contribution in [0.15, 0.2) is 15.4 Å². The SMILES string of the molecule is CC1CN(S(=O)(=O)c2cc(Cl)c(Br)c(N)c2F)CCO1. The van der Waals surface area contributed by atoms with Crippen LogP contribution in [-0.2, 0) is 14.8 Å². The second-order valence-corrected chi connectivity index (χ2v) is 7.55. The Kier molecular flexibility index (Phi) is 4.60. The van der Waals surface area contributed by atoms with Gasteiger partial charge in [-0.3, -0.25) is 0 Å². The van der Waals surface area contributed by atoms with Crippen molar-refractivity contribution in [1.82, 2.24) is 4.31 Å². The molecular weight excluding hydrogens is 375 g/mol. The van der Waals surface area contributed by atoms with E-state index in [0.29, 0.717) is 0 Å². The maximum atomic E-state index is 14.1. The summed E-state index contributed by atoms with van der Waals surface area (Å²) in [7, 11) is -3.99. The van der Waals surface area contributed by atoms with Crippen LogP contribution in [0.4, 0.5) is 10.1 Å². The van der Waals surface area contributed by atoms with E-state index in [2.05, 4.69) is 15.9 Å². The van der Waals surface area contributed by atoms with Gasteiger partial charge in [-0.1, -0.05) is 11.6 Å². The molecule has 0 spiro atoms. The topological polar surface area (TPSA) is 72.6 Å². The second-order valence-electron chi connectivity index (χ2n) is 4.44. The zero-order valence-corrected chi connectivity index (χ0v) is 13.7. The Labute approximate surface area is 130 Å². The molecule has 1 atom stereocenters. The predicted octanol–water partition coefficient (Wildman–Crippen LogP) is 2.23. The molecule has 0 aromatic heterocycles. The Balaban J connectivity index is 2.50. The lowest BCUT2D eigenvalue weighted by molar-refractivity contribution is 0.0101. The normalized spacial score (nSPS) is 21.1. The number of morpholine rings is 1. The number of nitrogen functional groups attached to an aromatic ring is 1. The first kappa shape index (κ1) is 16.0. The molecule has 2 N–H and O–H groups in total. The number of hydrogen-bond acceptors (Lipinski definition) is 4. The Morgan fingerprint density at radius 2 is 2.25 bits per heavy atom. The highest BCUT2D eigenvalue weighted by atomic mass is 79.9. The van der Waals surface area contributed by atoms with Crippen LogP contribution < -0.4 is 5.73 Å². The standard InChI is InChI=1S/C11H13BrClFN2O3S/c1-6-5-16(2-3-19-6)20(17,18)8-4-7(13)9(12)11(15)10(8)14/h4,6H,2-3,5,15H2,1H3. The third-order valence-electron chi connectivity index (χ3n) is 2.98. The van der Waals surface area contributed by atoms with Gasteiger partial charge < -0.3 is 10.5 Å². The predicted molar refractivity (Wildman–Crippen MR) is 77.7 cm³/mol. The molecule has 0 radical (unpaired) electrons. The average molecular weight is 388 g/mol. The van der Waals surface area contributed by atoms with Crippen LogP contribution in [0.2, 0.25) is 5.02 Å². The van der Waals surface area contributed by atoms with E-state index in [1.807, 2.05) is 0 Å². The maximum absolute atomic E-state index is 14.1. The Morgan fingerprint density at radius 1 is 1.60 bits per heavy atom. The van der Waals surface area contributed by atoms with Crippen molar-refractivity contribution in [2.45, 2.75) is 17.9 Å². The van der Waals surface area contributed by atoms with E-state index in [1.165, 1.54) is 4.31 Å². The van der Waals surface area contributed by atoms with Gasteiger partial charge >= 0.3 is 0 Å². The van der Waals surface area contributed by atoms with Crippen LogP contribution in [0, 0.1) is 5.82 Å². The fraction of sp³-hybridized carbons (Fsp3) is 0.455. The minimum absolute atomic E-state index is 0.0452. The van der Waals surface area contributed by atoms with E-state index in [1.54, 1.807) is 6.92 Å². The molecule has 9 heteroatoms. The van der Waals surface area contributed by atoms with Crippen LogP contribution in [-0.4, -0.2) is 38.5 Å². The van der Waals surface area contributed by atoms with E-state index in [0.717, 1.165) is 6.07 Å². The lowest BCUT2D eigenvalue weighted by atomic mass is 10.3. The molecule has 112 valence electrons. The summed E-state index contributed by atoms with van der Waals surface area (Å²) in [4.78, 5) is -0.516. The van der Waals surface area contributed by atoms with Crippen molar-refractivity contribution in [3.8, 4) is 0 Å². The van der Waals surface area contributed by atoms with Crippen molar-refractivity contribution in [2.75, 3.05) is 25.4 Å². The van der Waals surface area contributed by atoms with Crippen LogP contribution in [0.1, 0.15) is 6.92 Å². The molecule has 1 fully saturated rings. The summed E-state index contributed by atoms with van der Waals surface area (Å²) in [5, 5.41) is 0.0452. The summed E-state index contributed by atoms with van der Waals surface area (Å²) in [6.45, 7) is 2.35. The van der Waals surface area contributed by atoms with Gasteiger partial charge in [0.05, 0.1) is 27.9 Å². The minimum atomic E-state index is -3.99. The van der Waals surface area contributed by atoms with Gasteiger partial charge in [0.15, 0.2) is 5.82 Å². The van der Waals surface area contributed by atoms with Gasteiger partial charge in [-0.15, -0.1) is 0 Å². The number of ether oxygens (including phenoxy) is 1. The van der Waals surface area contributed by atoms with Gasteiger partial charge in [-0.2, -0.15) is 4.31 Å². The van der Waals surface area contributed by atoms with Crippen molar-refractivity contribution >= 4 is 43.2 Å². The van der Waals surface area contributed by atoms with Gasteiger partial charge in [0.25, 0.3) is 0 Å². The first-order chi connectivity index (χ1) is 9.25. The van der Waals surface area contributed by atoms with Crippen molar-refractivity contribution in [3.63, 3.8) is 0 Å². The summed E-state index contributed by atoms with van der Waals surface area (Å²) in [6, 6.07) is 1.06. The van der Waals surface area contributed by atoms with Gasteiger partial charge in [0.1, 0.15) is 4.90 Å². The summed E-state index contributed by atoms with van der Waals surface area (Å²) >= 11 is 8.87. The highest BCUT2D eigenvalue weighted by molar-refractivity contribution is 9.10. The average Bonchev–Trinajstić information content (AvgIpc) is 2.40. The van der Waals surface area contributed by atoms with E-state index < -0.39 is 20.7 Å². The van der Waals surface area contributed by atoms with Crippen LogP contribution in [0.25, 0.3) is 0 Å². The number of benzene rings is 1. The monoisotopic (exact) mass is 386 g/mol. The van der Waals surface area contributed by atoms with Crippen molar-refractivity contribution in [1.29, 1.82) is 0 Å². The summed E-state index contributed by atoms with van der Waals surface area (Å²) in [5.41, 5.74) is 5.20. The van der Waals surface area contributed by atoms with E-state index in [9.17, 15) is 12.8 Å². The molecule has 1 aliphatic heterocycles. The Morgan fingerprint density at radius 3 is 2.85 bits per heavy atom. The molecule has 0 bridgehead atoms. The van der Waals surface area contributed by atoms with Crippen LogP contribution >= 0.6 is 27.5 Å². The van der Waals surface area contributed by atoms with Gasteiger partial charge in [-0.25, -0.2) is 12.8 Å². The maximum Gasteiger partial charge on any atom is 0.246 e. The molecule has 20 heavy (non-hydrogen) atoms. The van der Waals surface area contributed by atoms with E-state index in [4.69, 9.17) is 22.1 Å². The largest absolute Gasteiger partial charge is 0.395 e. The van der Waals surface area contributed by atoms with Gasteiger partial charge in [0.2, 0.25) is 10.0 Å². The van der Waals surface area contributed by atoms with E-state index in [-0.39, 0.29) is 41.0 Å². The third kappa shape index (κ3) is 2.80. The fourth-order valence-corrected chi connectivity index (χ4v) is 4.10. The molecule has 0 aliphatic carbocycles. The molecule has 1 aliphatic rings. The quantitative estimate of drug-likeness (QED) is 0.624. The summed E-state index contributed by atoms with van der Waals surface area (Å²) in [6.07, 6.45) is -0.246. The molecule has 1 unspecified atom stereocenters. The number of nitrogens with two attached hydrogens (primary N) is 1. The zero-order chi connectivity index (χ0) is 15.1. The number of sulfonamides is 1. The molecular formula is C11H13BrClFN2O3S. The number of anilines is 1. The van der Waals surface area contributed by atoms with Crippen LogP contribution in [0.3, 0.4) is 0 Å². The number of nitrogens with zero attached hydrogens (tertiary/aromatic N) is 1. The first-order valence-corrected chi connectivity index (χ1v) is 8.41. The number of hydrogen-bond donors (Lipinski definition) is 1. The second kappa shape index (κ2) is 5.76. The van der Waals surface area contributed by atoms with Crippen molar-refractivity contribution in [3.05, 3.63) is 21.4 Å². The first-order valence-electron chi connectivity index (χ1n) is 5.80. The molecule has 1 saturated heterocycles. The smallest absolute Gasteiger partial charge is 0.246 e. The third-order valence-corrected chi connectivity index (χ3v) is 6.22.